The van der Waals surface area contributed by atoms with Crippen LogP contribution in [0.1, 0.15) is 16.7 Å². The molecule has 1 saturated heterocycles. The minimum atomic E-state index is -0.297. The summed E-state index contributed by atoms with van der Waals surface area (Å²) >= 11 is 4.51. The quantitative estimate of drug-likeness (QED) is 0.414. The third kappa shape index (κ3) is 4.11. The number of ether oxygens (including phenoxy) is 3. The minimum absolute atomic E-state index is 0.230. The van der Waals surface area contributed by atoms with Crippen molar-refractivity contribution in [2.45, 2.75) is 13.0 Å². The molecule has 2 aromatic rings. The van der Waals surface area contributed by atoms with Crippen molar-refractivity contribution in [3.8, 4) is 17.2 Å². The van der Waals surface area contributed by atoms with Crippen LogP contribution >= 0.6 is 27.7 Å². The fourth-order valence-corrected chi connectivity index (χ4v) is 4.57. The Labute approximate surface area is 186 Å². The van der Waals surface area contributed by atoms with E-state index < -0.39 is 0 Å². The van der Waals surface area contributed by atoms with Crippen molar-refractivity contribution < 1.29 is 23.8 Å². The van der Waals surface area contributed by atoms with Gasteiger partial charge in [0.05, 0.1) is 9.38 Å². The Balaban J connectivity index is 1.58. The predicted molar refractivity (Wildman–Crippen MR) is 119 cm³/mol. The number of nitrogens with zero attached hydrogens (tertiary/aromatic N) is 1. The Morgan fingerprint density at radius 2 is 2.03 bits per heavy atom. The van der Waals surface area contributed by atoms with E-state index in [1.807, 2.05) is 30.3 Å². The molecule has 2 aliphatic heterocycles. The van der Waals surface area contributed by atoms with Crippen LogP contribution in [0.3, 0.4) is 0 Å². The molecule has 4 rings (SSSR count). The molecule has 0 N–H and O–H groups in total. The Hall–Kier alpha value is -2.71. The SMILES string of the molecule is C=CCc1cc(/C=C2\SC(=O)N(C)C2=O)cc(Br)c1OCc1ccc2c(c1)OCO2. The first-order chi connectivity index (χ1) is 14.5. The number of allylic oxidation sites excluding steroid dienone is 1. The number of halogens is 1. The van der Waals surface area contributed by atoms with E-state index >= 15 is 0 Å². The van der Waals surface area contributed by atoms with Gasteiger partial charge in [-0.2, -0.15) is 0 Å². The first kappa shape index (κ1) is 20.6. The van der Waals surface area contributed by atoms with Gasteiger partial charge in [0.25, 0.3) is 11.1 Å². The predicted octanol–water partition coefficient (Wildman–Crippen LogP) is 5.15. The van der Waals surface area contributed by atoms with Crippen molar-refractivity contribution in [1.29, 1.82) is 0 Å². The topological polar surface area (TPSA) is 65.1 Å². The summed E-state index contributed by atoms with van der Waals surface area (Å²) in [5.41, 5.74) is 2.67. The van der Waals surface area contributed by atoms with E-state index in [0.29, 0.717) is 29.4 Å². The zero-order valence-electron chi connectivity index (χ0n) is 16.1. The number of carbonyl (C=O) groups excluding carboxylic acids is 2. The first-order valence-electron chi connectivity index (χ1n) is 9.12. The highest BCUT2D eigenvalue weighted by atomic mass is 79.9. The van der Waals surface area contributed by atoms with Crippen molar-refractivity contribution in [2.75, 3.05) is 13.8 Å². The van der Waals surface area contributed by atoms with E-state index in [4.69, 9.17) is 14.2 Å². The molecule has 30 heavy (non-hydrogen) atoms. The number of likely N-dealkylation sites (N-methyl/N-ethyl adjacent to an activating group) is 1. The van der Waals surface area contributed by atoms with Crippen LogP contribution in [-0.4, -0.2) is 29.9 Å². The van der Waals surface area contributed by atoms with Crippen LogP contribution in [0.25, 0.3) is 6.08 Å². The first-order valence-corrected chi connectivity index (χ1v) is 10.7. The van der Waals surface area contributed by atoms with Gasteiger partial charge in [0.2, 0.25) is 6.79 Å². The average molecular weight is 488 g/mol. The van der Waals surface area contributed by atoms with E-state index in [1.165, 1.54) is 7.05 Å². The number of carbonyl (C=O) groups is 2. The Kier molecular flexibility index (Phi) is 5.87. The van der Waals surface area contributed by atoms with Gasteiger partial charge in [-0.25, -0.2) is 0 Å². The number of thioether (sulfide) groups is 1. The molecule has 0 saturated carbocycles. The van der Waals surface area contributed by atoms with Gasteiger partial charge in [0.15, 0.2) is 11.5 Å². The molecule has 0 aromatic heterocycles. The standard InChI is InChI=1S/C22H18BrNO5S/c1-3-4-15-7-14(10-19-21(25)24(2)22(26)30-19)8-16(23)20(15)27-11-13-5-6-17-18(9-13)29-12-28-17/h3,5-10H,1,4,11-12H2,2H3/b19-10-. The fourth-order valence-electron chi connectivity index (χ4n) is 3.11. The van der Waals surface area contributed by atoms with Gasteiger partial charge in [-0.05, 0) is 81.1 Å². The lowest BCUT2D eigenvalue weighted by Crippen LogP contribution is -2.22. The van der Waals surface area contributed by atoms with Gasteiger partial charge in [-0.3, -0.25) is 14.5 Å². The van der Waals surface area contributed by atoms with Gasteiger partial charge in [-0.15, -0.1) is 6.58 Å². The van der Waals surface area contributed by atoms with Crippen LogP contribution in [0.4, 0.5) is 4.79 Å². The molecule has 2 aliphatic rings. The van der Waals surface area contributed by atoms with Crippen LogP contribution in [-0.2, 0) is 17.8 Å². The maximum Gasteiger partial charge on any atom is 0.293 e. The normalized spacial score (nSPS) is 16.5. The Morgan fingerprint density at radius 3 is 2.77 bits per heavy atom. The summed E-state index contributed by atoms with van der Waals surface area (Å²) in [5.74, 6) is 1.85. The molecule has 0 bridgehead atoms. The largest absolute Gasteiger partial charge is 0.487 e. The molecule has 2 amide bonds. The molecular weight excluding hydrogens is 470 g/mol. The molecule has 8 heteroatoms. The lowest BCUT2D eigenvalue weighted by atomic mass is 10.1. The number of benzene rings is 2. The number of amides is 2. The third-order valence-electron chi connectivity index (χ3n) is 4.61. The van der Waals surface area contributed by atoms with Crippen LogP contribution < -0.4 is 14.2 Å². The van der Waals surface area contributed by atoms with Gasteiger partial charge < -0.3 is 14.2 Å². The van der Waals surface area contributed by atoms with Gasteiger partial charge in [-0.1, -0.05) is 12.1 Å². The van der Waals surface area contributed by atoms with Gasteiger partial charge in [0.1, 0.15) is 12.4 Å². The third-order valence-corrected chi connectivity index (χ3v) is 6.16. The molecule has 2 aromatic carbocycles. The maximum atomic E-state index is 12.2. The van der Waals surface area contributed by atoms with Gasteiger partial charge in [0, 0.05) is 7.05 Å². The second-order valence-corrected chi connectivity index (χ2v) is 8.55. The Morgan fingerprint density at radius 1 is 1.23 bits per heavy atom. The number of fused-ring (bicyclic) bond motifs is 1. The van der Waals surface area contributed by atoms with Crippen LogP contribution in [0.2, 0.25) is 0 Å². The van der Waals surface area contributed by atoms with E-state index in [1.54, 1.807) is 12.2 Å². The zero-order valence-corrected chi connectivity index (χ0v) is 18.5. The number of imide groups is 1. The lowest BCUT2D eigenvalue weighted by molar-refractivity contribution is -0.121. The second kappa shape index (κ2) is 8.57. The molecule has 2 heterocycles. The fraction of sp³-hybridized carbons (Fsp3) is 0.182. The van der Waals surface area contributed by atoms with Crippen molar-refractivity contribution >= 4 is 44.9 Å². The van der Waals surface area contributed by atoms with Crippen LogP contribution in [0.5, 0.6) is 17.2 Å². The monoisotopic (exact) mass is 487 g/mol. The molecular formula is C22H18BrNO5S. The zero-order chi connectivity index (χ0) is 21.3. The summed E-state index contributed by atoms with van der Waals surface area (Å²) in [6, 6.07) is 9.50. The summed E-state index contributed by atoms with van der Waals surface area (Å²) in [6.45, 7) is 4.41. The van der Waals surface area contributed by atoms with E-state index in [9.17, 15) is 9.59 Å². The Bertz CT molecular complexity index is 1080. The highest BCUT2D eigenvalue weighted by Crippen LogP contribution is 2.37. The number of rotatable bonds is 6. The maximum absolute atomic E-state index is 12.2. The lowest BCUT2D eigenvalue weighted by Gasteiger charge is -2.14. The summed E-state index contributed by atoms with van der Waals surface area (Å²) in [4.78, 5) is 25.4. The highest BCUT2D eigenvalue weighted by molar-refractivity contribution is 9.10. The van der Waals surface area contributed by atoms with E-state index in [-0.39, 0.29) is 17.9 Å². The molecule has 0 spiro atoms. The molecule has 6 nitrogen and oxygen atoms in total. The molecule has 0 aliphatic carbocycles. The van der Waals surface area contributed by atoms with E-state index in [0.717, 1.165) is 43.6 Å². The van der Waals surface area contributed by atoms with Crippen molar-refractivity contribution in [3.63, 3.8) is 0 Å². The average Bonchev–Trinajstić information content (AvgIpc) is 3.28. The molecule has 0 unspecified atom stereocenters. The summed E-state index contributed by atoms with van der Waals surface area (Å²) in [5, 5.41) is -0.277. The molecule has 0 atom stereocenters. The number of hydrogen-bond donors (Lipinski definition) is 0. The molecule has 1 fully saturated rings. The summed E-state index contributed by atoms with van der Waals surface area (Å²) < 4.78 is 17.6. The molecule has 154 valence electrons. The smallest absolute Gasteiger partial charge is 0.293 e. The molecule has 0 radical (unpaired) electrons. The van der Waals surface area contributed by atoms with Crippen molar-refractivity contribution in [2.24, 2.45) is 0 Å². The highest BCUT2D eigenvalue weighted by Gasteiger charge is 2.31. The van der Waals surface area contributed by atoms with E-state index in [2.05, 4.69) is 22.5 Å². The van der Waals surface area contributed by atoms with Crippen molar-refractivity contribution in [3.05, 3.63) is 69.1 Å². The summed E-state index contributed by atoms with van der Waals surface area (Å²) in [7, 11) is 1.48. The van der Waals surface area contributed by atoms with Crippen molar-refractivity contribution in [1.82, 2.24) is 4.90 Å². The number of hydrogen-bond acceptors (Lipinski definition) is 6. The van der Waals surface area contributed by atoms with Crippen LogP contribution in [0.15, 0.2) is 52.4 Å². The van der Waals surface area contributed by atoms with Gasteiger partial charge >= 0.3 is 0 Å². The van der Waals surface area contributed by atoms with Crippen LogP contribution in [0, 0.1) is 0 Å². The second-order valence-electron chi connectivity index (χ2n) is 6.70. The minimum Gasteiger partial charge on any atom is -0.487 e. The summed E-state index contributed by atoms with van der Waals surface area (Å²) in [6.07, 6.45) is 4.10.